The number of carbonyl (C=O) groups excluding carboxylic acids is 1. The molecule has 0 spiro atoms. The molecule has 1 aliphatic rings. The first-order valence-corrected chi connectivity index (χ1v) is 9.10. The summed E-state index contributed by atoms with van der Waals surface area (Å²) in [6.07, 6.45) is 6.75. The van der Waals surface area contributed by atoms with E-state index in [1.165, 1.54) is 0 Å². The number of anilines is 1. The number of thiazole rings is 1. The quantitative estimate of drug-likeness (QED) is 0.925. The maximum Gasteiger partial charge on any atom is 0.318 e. The third-order valence-corrected chi connectivity index (χ3v) is 5.10. The largest absolute Gasteiger partial charge is 0.362 e. The number of hydrogen-bond donors (Lipinski definition) is 1. The molecule has 3 heterocycles. The Kier molecular flexibility index (Phi) is 5.30. The van der Waals surface area contributed by atoms with Gasteiger partial charge in [0.2, 0.25) is 0 Å². The lowest BCUT2D eigenvalue weighted by atomic mass is 10.0. The number of carbonyl (C=O) groups is 1. The van der Waals surface area contributed by atoms with Gasteiger partial charge in [-0.25, -0.2) is 14.8 Å². The fourth-order valence-electron chi connectivity index (χ4n) is 3.07. The number of piperidine rings is 1. The van der Waals surface area contributed by atoms with Gasteiger partial charge in [-0.05, 0) is 25.3 Å². The van der Waals surface area contributed by atoms with Crippen molar-refractivity contribution >= 4 is 23.2 Å². The van der Waals surface area contributed by atoms with Gasteiger partial charge in [0.15, 0.2) is 0 Å². The molecule has 1 fully saturated rings. The Morgan fingerprint density at radius 3 is 3.00 bits per heavy atom. The van der Waals surface area contributed by atoms with E-state index in [0.29, 0.717) is 6.54 Å². The molecule has 1 unspecified atom stereocenters. The Balaban J connectivity index is 1.68. The lowest BCUT2D eigenvalue weighted by Gasteiger charge is -2.34. The van der Waals surface area contributed by atoms with Gasteiger partial charge in [0.05, 0.1) is 6.04 Å². The highest BCUT2D eigenvalue weighted by Crippen LogP contribution is 2.32. The highest BCUT2D eigenvalue weighted by Gasteiger charge is 2.29. The van der Waals surface area contributed by atoms with Gasteiger partial charge in [0, 0.05) is 50.5 Å². The second kappa shape index (κ2) is 7.61. The lowest BCUT2D eigenvalue weighted by Crippen LogP contribution is -2.44. The second-order valence-corrected chi connectivity index (χ2v) is 7.04. The third-order valence-electron chi connectivity index (χ3n) is 4.22. The molecular weight excluding hydrogens is 322 g/mol. The molecule has 6 nitrogen and oxygen atoms in total. The van der Waals surface area contributed by atoms with Gasteiger partial charge in [-0.3, -0.25) is 0 Å². The number of amides is 2. The average Bonchev–Trinajstić information content (AvgIpc) is 3.14. The van der Waals surface area contributed by atoms with Crippen LogP contribution in [0.15, 0.2) is 29.9 Å². The van der Waals surface area contributed by atoms with Crippen LogP contribution in [0.2, 0.25) is 0 Å². The van der Waals surface area contributed by atoms with Crippen LogP contribution >= 0.6 is 11.3 Å². The fraction of sp³-hybridized carbons (Fsp3) is 0.471. The van der Waals surface area contributed by atoms with Crippen LogP contribution < -0.4 is 10.2 Å². The van der Waals surface area contributed by atoms with Gasteiger partial charge in [0.25, 0.3) is 0 Å². The number of urea groups is 1. The van der Waals surface area contributed by atoms with Crippen molar-refractivity contribution in [2.75, 3.05) is 25.5 Å². The summed E-state index contributed by atoms with van der Waals surface area (Å²) in [6.45, 7) is 1.25. The van der Waals surface area contributed by atoms with Crippen molar-refractivity contribution < 1.29 is 4.79 Å². The molecule has 1 N–H and O–H groups in total. The molecule has 0 bridgehead atoms. The van der Waals surface area contributed by atoms with Crippen molar-refractivity contribution in [3.63, 3.8) is 0 Å². The number of rotatable bonds is 4. The third kappa shape index (κ3) is 3.67. The molecule has 1 saturated heterocycles. The van der Waals surface area contributed by atoms with Crippen LogP contribution in [0.25, 0.3) is 0 Å². The van der Waals surface area contributed by atoms with Gasteiger partial charge >= 0.3 is 6.03 Å². The molecule has 0 aromatic carbocycles. The molecule has 1 aliphatic heterocycles. The molecule has 3 rings (SSSR count). The maximum absolute atomic E-state index is 12.7. The van der Waals surface area contributed by atoms with Gasteiger partial charge < -0.3 is 15.1 Å². The minimum atomic E-state index is -0.0246. The summed E-state index contributed by atoms with van der Waals surface area (Å²) >= 11 is 1.62. The molecule has 7 heteroatoms. The predicted molar refractivity (Wildman–Crippen MR) is 96.2 cm³/mol. The number of nitrogens with one attached hydrogen (secondary N) is 1. The van der Waals surface area contributed by atoms with E-state index in [1.54, 1.807) is 17.5 Å². The van der Waals surface area contributed by atoms with Crippen molar-refractivity contribution in [1.29, 1.82) is 0 Å². The summed E-state index contributed by atoms with van der Waals surface area (Å²) in [6, 6.07) is 3.97. The Morgan fingerprint density at radius 2 is 2.25 bits per heavy atom. The smallest absolute Gasteiger partial charge is 0.318 e. The molecule has 2 aromatic heterocycles. The fourth-order valence-corrected chi connectivity index (χ4v) is 3.86. The number of aromatic nitrogens is 2. The van der Waals surface area contributed by atoms with E-state index in [-0.39, 0.29) is 12.1 Å². The van der Waals surface area contributed by atoms with Crippen LogP contribution in [0.1, 0.15) is 35.9 Å². The van der Waals surface area contributed by atoms with E-state index >= 15 is 0 Å². The average molecular weight is 345 g/mol. The monoisotopic (exact) mass is 345 g/mol. The van der Waals surface area contributed by atoms with E-state index in [0.717, 1.165) is 42.2 Å². The van der Waals surface area contributed by atoms with E-state index in [2.05, 4.69) is 15.3 Å². The van der Waals surface area contributed by atoms with Crippen LogP contribution in [-0.2, 0) is 6.54 Å². The summed E-state index contributed by atoms with van der Waals surface area (Å²) in [5, 5.41) is 6.05. The number of hydrogen-bond acceptors (Lipinski definition) is 5. The highest BCUT2D eigenvalue weighted by molar-refractivity contribution is 7.09. The van der Waals surface area contributed by atoms with E-state index in [1.807, 2.05) is 47.6 Å². The van der Waals surface area contributed by atoms with Gasteiger partial charge in [-0.15, -0.1) is 11.3 Å². The topological polar surface area (TPSA) is 61.4 Å². The van der Waals surface area contributed by atoms with Crippen molar-refractivity contribution in [3.05, 3.63) is 40.5 Å². The van der Waals surface area contributed by atoms with Crippen LogP contribution in [0, 0.1) is 0 Å². The number of pyridine rings is 1. The molecule has 0 radical (unpaired) electrons. The number of nitrogens with zero attached hydrogens (tertiary/aromatic N) is 4. The molecule has 0 aliphatic carbocycles. The normalized spacial score (nSPS) is 17.6. The molecule has 0 saturated carbocycles. The summed E-state index contributed by atoms with van der Waals surface area (Å²) in [5.74, 6) is 0.882. The van der Waals surface area contributed by atoms with Crippen molar-refractivity contribution in [2.45, 2.75) is 31.8 Å². The molecule has 2 aromatic rings. The molecular formula is C17H23N5OS. The zero-order chi connectivity index (χ0) is 16.9. The SMILES string of the molecule is CN(C)c1ncccc1CNC(=O)N1CCCCC1c1nccs1. The summed E-state index contributed by atoms with van der Waals surface area (Å²) in [5.41, 5.74) is 1.01. The van der Waals surface area contributed by atoms with E-state index in [9.17, 15) is 4.79 Å². The first-order valence-electron chi connectivity index (χ1n) is 8.22. The summed E-state index contributed by atoms with van der Waals surface area (Å²) in [7, 11) is 3.91. The first kappa shape index (κ1) is 16.7. The minimum Gasteiger partial charge on any atom is -0.362 e. The van der Waals surface area contributed by atoms with Crippen LogP contribution in [0.3, 0.4) is 0 Å². The van der Waals surface area contributed by atoms with Gasteiger partial charge in [0.1, 0.15) is 10.8 Å². The lowest BCUT2D eigenvalue weighted by molar-refractivity contribution is 0.151. The van der Waals surface area contributed by atoms with Crippen molar-refractivity contribution in [1.82, 2.24) is 20.2 Å². The van der Waals surface area contributed by atoms with Crippen LogP contribution in [0.4, 0.5) is 10.6 Å². The Labute approximate surface area is 146 Å². The first-order chi connectivity index (χ1) is 11.7. The molecule has 24 heavy (non-hydrogen) atoms. The Hall–Kier alpha value is -2.15. The summed E-state index contributed by atoms with van der Waals surface area (Å²) < 4.78 is 0. The molecule has 2 amide bonds. The molecule has 128 valence electrons. The second-order valence-electron chi connectivity index (χ2n) is 6.11. The molecule has 1 atom stereocenters. The minimum absolute atomic E-state index is 0.0246. The van der Waals surface area contributed by atoms with Crippen molar-refractivity contribution in [3.8, 4) is 0 Å². The predicted octanol–water partition coefficient (Wildman–Crippen LogP) is 3.04. The van der Waals surface area contributed by atoms with Gasteiger partial charge in [-0.2, -0.15) is 0 Å². The summed E-state index contributed by atoms with van der Waals surface area (Å²) in [4.78, 5) is 25.4. The van der Waals surface area contributed by atoms with Crippen LogP contribution in [-0.4, -0.2) is 41.5 Å². The van der Waals surface area contributed by atoms with E-state index < -0.39 is 0 Å². The number of likely N-dealkylation sites (tertiary alicyclic amines) is 1. The Morgan fingerprint density at radius 1 is 1.38 bits per heavy atom. The van der Waals surface area contributed by atoms with Crippen LogP contribution in [0.5, 0.6) is 0 Å². The van der Waals surface area contributed by atoms with E-state index in [4.69, 9.17) is 0 Å². The zero-order valence-corrected chi connectivity index (χ0v) is 14.9. The zero-order valence-electron chi connectivity index (χ0n) is 14.1. The van der Waals surface area contributed by atoms with Gasteiger partial charge in [-0.1, -0.05) is 6.07 Å². The Bertz CT molecular complexity index is 673. The standard InChI is InChI=1S/C17H23N5OS/c1-21(2)15-13(6-5-8-18-15)12-20-17(23)22-10-4-3-7-14(22)16-19-9-11-24-16/h5-6,8-9,11,14H,3-4,7,10,12H2,1-2H3,(H,20,23). The van der Waals surface area contributed by atoms with Crippen molar-refractivity contribution in [2.24, 2.45) is 0 Å². The highest BCUT2D eigenvalue weighted by atomic mass is 32.1. The maximum atomic E-state index is 12.7.